The van der Waals surface area contributed by atoms with Crippen LogP contribution in [0.5, 0.6) is 5.75 Å². The molecule has 32 heavy (non-hydrogen) atoms. The van der Waals surface area contributed by atoms with E-state index in [2.05, 4.69) is 21.2 Å². The summed E-state index contributed by atoms with van der Waals surface area (Å²) in [5.74, 6) is 0.294. The number of aliphatic carboxylic acids is 1. The van der Waals surface area contributed by atoms with Crippen LogP contribution in [-0.2, 0) is 11.2 Å². The molecule has 0 spiro atoms. The molecule has 8 heteroatoms. The molecular weight excluding hydrogens is 408 g/mol. The van der Waals surface area contributed by atoms with Crippen LogP contribution in [0, 0.1) is 11.3 Å². The zero-order valence-corrected chi connectivity index (χ0v) is 18.0. The van der Waals surface area contributed by atoms with Crippen LogP contribution < -0.4 is 4.74 Å². The number of carboxylic acids is 1. The van der Waals surface area contributed by atoms with Crippen LogP contribution in [0.1, 0.15) is 43.9 Å². The molecule has 162 valence electrons. The van der Waals surface area contributed by atoms with Crippen molar-refractivity contribution in [2.75, 3.05) is 0 Å². The van der Waals surface area contributed by atoms with Crippen LogP contribution in [-0.4, -0.2) is 39.1 Å². The van der Waals surface area contributed by atoms with E-state index in [0.29, 0.717) is 35.0 Å². The monoisotopic (exact) mass is 430 g/mol. The lowest BCUT2D eigenvalue weighted by atomic mass is 10.0. The van der Waals surface area contributed by atoms with Crippen molar-refractivity contribution in [1.29, 1.82) is 5.26 Å². The Morgan fingerprint density at radius 1 is 1.22 bits per heavy atom. The molecule has 1 atom stereocenters. The second-order valence-electron chi connectivity index (χ2n) is 7.83. The van der Waals surface area contributed by atoms with Gasteiger partial charge >= 0.3 is 5.97 Å². The van der Waals surface area contributed by atoms with E-state index in [1.807, 2.05) is 32.0 Å². The Hall–Kier alpha value is -3.99. The summed E-state index contributed by atoms with van der Waals surface area (Å²) in [6.45, 7) is 5.36. The number of benzene rings is 2. The topological polar surface area (TPSA) is 122 Å². The Balaban J connectivity index is 1.67. The molecule has 0 saturated carbocycles. The maximum atomic E-state index is 11.2. The molecule has 0 aliphatic heterocycles. The molecule has 1 heterocycles. The Morgan fingerprint density at radius 2 is 2.00 bits per heavy atom. The first-order valence-corrected chi connectivity index (χ1v) is 10.3. The highest BCUT2D eigenvalue weighted by Crippen LogP contribution is 2.33. The van der Waals surface area contributed by atoms with E-state index in [-0.39, 0.29) is 6.10 Å². The van der Waals surface area contributed by atoms with Crippen molar-refractivity contribution in [1.82, 2.24) is 10.1 Å². The molecule has 0 fully saturated rings. The van der Waals surface area contributed by atoms with Gasteiger partial charge in [-0.05, 0) is 62.9 Å². The number of ether oxygens (including phenoxy) is 1. The van der Waals surface area contributed by atoms with E-state index in [1.54, 1.807) is 25.1 Å². The van der Waals surface area contributed by atoms with Crippen molar-refractivity contribution in [3.63, 3.8) is 0 Å². The summed E-state index contributed by atoms with van der Waals surface area (Å²) in [4.78, 5) is 20.1. The number of hydrogen-bond acceptors (Lipinski definition) is 7. The minimum Gasteiger partial charge on any atom is -0.490 e. The highest BCUT2D eigenvalue weighted by atomic mass is 16.5. The van der Waals surface area contributed by atoms with Gasteiger partial charge in [0.05, 0.1) is 11.7 Å². The molecular formula is C24H22N4O4. The standard InChI is InChI=1S/C24H22N4O4/c1-13(2)31-21-10-7-15(11-16(21)12-25)23-27-22(28-32-23)19-6-4-5-18-17(19)8-9-20(18)26-14(3)24(29)30/h4-7,10-11,13-14H,8-9H2,1-3H3,(H,29,30)/b26-20-/t14-/m0/s1. The first-order valence-electron chi connectivity index (χ1n) is 10.3. The molecule has 0 bridgehead atoms. The normalized spacial score (nSPS) is 14.9. The largest absolute Gasteiger partial charge is 0.490 e. The third-order valence-electron chi connectivity index (χ3n) is 5.18. The molecule has 1 N–H and O–H groups in total. The molecule has 0 saturated heterocycles. The van der Waals surface area contributed by atoms with Crippen molar-refractivity contribution in [3.05, 3.63) is 53.1 Å². The zero-order valence-electron chi connectivity index (χ0n) is 18.0. The van der Waals surface area contributed by atoms with Gasteiger partial charge in [-0.15, -0.1) is 0 Å². The number of aromatic nitrogens is 2. The van der Waals surface area contributed by atoms with Gasteiger partial charge in [0, 0.05) is 16.8 Å². The van der Waals surface area contributed by atoms with Gasteiger partial charge < -0.3 is 14.4 Å². The number of carbonyl (C=O) groups is 1. The van der Waals surface area contributed by atoms with Crippen molar-refractivity contribution in [2.24, 2.45) is 4.99 Å². The van der Waals surface area contributed by atoms with Gasteiger partial charge in [-0.3, -0.25) is 4.99 Å². The van der Waals surface area contributed by atoms with E-state index in [4.69, 9.17) is 14.4 Å². The number of aliphatic imine (C=N–C) groups is 1. The second-order valence-corrected chi connectivity index (χ2v) is 7.83. The summed E-state index contributed by atoms with van der Waals surface area (Å²) in [5, 5.41) is 22.8. The minimum absolute atomic E-state index is 0.0463. The van der Waals surface area contributed by atoms with Crippen LogP contribution in [0.15, 0.2) is 45.9 Å². The van der Waals surface area contributed by atoms with E-state index < -0.39 is 12.0 Å². The highest BCUT2D eigenvalue weighted by Gasteiger charge is 2.25. The number of rotatable bonds is 6. The van der Waals surface area contributed by atoms with Crippen LogP contribution in [0.25, 0.3) is 22.8 Å². The summed E-state index contributed by atoms with van der Waals surface area (Å²) in [7, 11) is 0. The number of nitriles is 1. The zero-order chi connectivity index (χ0) is 22.8. The Labute approximate surface area is 185 Å². The summed E-state index contributed by atoms with van der Waals surface area (Å²) in [6, 6.07) is 12.2. The number of hydrogen-bond donors (Lipinski definition) is 1. The average Bonchev–Trinajstić information content (AvgIpc) is 3.41. The lowest BCUT2D eigenvalue weighted by molar-refractivity contribution is -0.137. The van der Waals surface area contributed by atoms with Crippen molar-refractivity contribution in [2.45, 2.75) is 45.8 Å². The maximum absolute atomic E-state index is 11.2. The first-order chi connectivity index (χ1) is 15.4. The fourth-order valence-corrected chi connectivity index (χ4v) is 3.69. The van der Waals surface area contributed by atoms with Gasteiger partial charge in [0.25, 0.3) is 5.89 Å². The van der Waals surface area contributed by atoms with Crippen LogP contribution in [0.2, 0.25) is 0 Å². The van der Waals surface area contributed by atoms with Gasteiger partial charge in [0.15, 0.2) is 0 Å². The van der Waals surface area contributed by atoms with E-state index in [1.165, 1.54) is 0 Å². The van der Waals surface area contributed by atoms with Crippen LogP contribution in [0.4, 0.5) is 0 Å². The summed E-state index contributed by atoms with van der Waals surface area (Å²) >= 11 is 0. The van der Waals surface area contributed by atoms with Gasteiger partial charge in [0.1, 0.15) is 17.9 Å². The van der Waals surface area contributed by atoms with Crippen LogP contribution in [0.3, 0.4) is 0 Å². The molecule has 1 aliphatic carbocycles. The molecule has 2 aromatic carbocycles. The molecule has 0 radical (unpaired) electrons. The summed E-state index contributed by atoms with van der Waals surface area (Å²) < 4.78 is 11.2. The number of fused-ring (bicyclic) bond motifs is 1. The highest BCUT2D eigenvalue weighted by molar-refractivity contribution is 6.06. The lowest BCUT2D eigenvalue weighted by Gasteiger charge is -2.11. The molecule has 0 amide bonds. The Morgan fingerprint density at radius 3 is 2.72 bits per heavy atom. The quantitative estimate of drug-likeness (QED) is 0.619. The lowest BCUT2D eigenvalue weighted by Crippen LogP contribution is -2.15. The molecule has 8 nitrogen and oxygen atoms in total. The van der Waals surface area contributed by atoms with Gasteiger partial charge in [-0.1, -0.05) is 23.4 Å². The van der Waals surface area contributed by atoms with E-state index in [9.17, 15) is 10.1 Å². The SMILES string of the molecule is CC(C)Oc1ccc(-c2nc(-c3cccc4c3CC/C4=N/[C@@H](C)C(=O)O)no2)cc1C#N. The maximum Gasteiger partial charge on any atom is 0.328 e. The molecule has 0 unspecified atom stereocenters. The number of nitrogens with zero attached hydrogens (tertiary/aromatic N) is 4. The van der Waals surface area contributed by atoms with Gasteiger partial charge in [-0.25, -0.2) is 4.79 Å². The van der Waals surface area contributed by atoms with E-state index >= 15 is 0 Å². The smallest absolute Gasteiger partial charge is 0.328 e. The van der Waals surface area contributed by atoms with Gasteiger partial charge in [0.2, 0.25) is 5.82 Å². The van der Waals surface area contributed by atoms with Gasteiger partial charge in [-0.2, -0.15) is 10.2 Å². The van der Waals surface area contributed by atoms with Crippen molar-refractivity contribution in [3.8, 4) is 34.7 Å². The number of carboxylic acid groups (broad SMARTS) is 1. The third kappa shape index (κ3) is 4.10. The fourth-order valence-electron chi connectivity index (χ4n) is 3.69. The average molecular weight is 430 g/mol. The second kappa shape index (κ2) is 8.63. The van der Waals surface area contributed by atoms with Crippen molar-refractivity contribution >= 4 is 11.7 Å². The molecule has 1 aromatic heterocycles. The third-order valence-corrected chi connectivity index (χ3v) is 5.18. The van der Waals surface area contributed by atoms with Crippen molar-refractivity contribution < 1.29 is 19.2 Å². The van der Waals surface area contributed by atoms with E-state index in [0.717, 1.165) is 28.8 Å². The first kappa shape index (κ1) is 21.2. The molecule has 1 aliphatic rings. The molecule has 3 aromatic rings. The summed E-state index contributed by atoms with van der Waals surface area (Å²) in [6.07, 6.45) is 1.34. The Bertz CT molecular complexity index is 1250. The van der Waals surface area contributed by atoms with Crippen LogP contribution >= 0.6 is 0 Å². The Kier molecular flexibility index (Phi) is 5.73. The predicted octanol–water partition coefficient (Wildman–Crippen LogP) is 4.27. The molecule has 4 rings (SSSR count). The minimum atomic E-state index is -0.952. The summed E-state index contributed by atoms with van der Waals surface area (Å²) in [5.41, 5.74) is 4.57. The predicted molar refractivity (Wildman–Crippen MR) is 118 cm³/mol. The fraction of sp³-hybridized carbons (Fsp3) is 0.292.